The number of aromatic hydroxyl groups is 1. The second-order valence-electron chi connectivity index (χ2n) is 2.90. The molecule has 0 aliphatic heterocycles. The predicted octanol–water partition coefficient (Wildman–Crippen LogP) is 0.886. The van der Waals surface area contributed by atoms with Gasteiger partial charge in [0.25, 0.3) is 0 Å². The Morgan fingerprint density at radius 2 is 1.69 bits per heavy atom. The predicted molar refractivity (Wildman–Crippen MR) is 57.1 cm³/mol. The Bertz CT molecular complexity index is 248. The molecule has 0 spiro atoms. The molecule has 0 saturated heterocycles. The van der Waals surface area contributed by atoms with Crippen molar-refractivity contribution < 1.29 is 10.2 Å². The third-order valence-corrected chi connectivity index (χ3v) is 1.73. The summed E-state index contributed by atoms with van der Waals surface area (Å²) in [4.78, 5) is 0. The number of phenolic OH excluding ortho intramolecular Hbond substituents is 1. The summed E-state index contributed by atoms with van der Waals surface area (Å²) in [6.45, 7) is 1.73. The topological polar surface area (TPSA) is 66.5 Å². The molecule has 0 amide bonds. The quantitative estimate of drug-likeness (QED) is 0.665. The third-order valence-electron chi connectivity index (χ3n) is 1.73. The molecule has 2 unspecified atom stereocenters. The molecule has 0 saturated carbocycles. The highest BCUT2D eigenvalue weighted by molar-refractivity contribution is 7.59. The number of aliphatic hydroxyl groups excluding tert-OH is 1. The van der Waals surface area contributed by atoms with Crippen molar-refractivity contribution in [3.8, 4) is 5.75 Å². The Hall–Kier alpha value is -0.710. The Morgan fingerprint density at radius 3 is 2.08 bits per heavy atom. The zero-order chi connectivity index (χ0) is 9.14. The highest BCUT2D eigenvalue weighted by Gasteiger charge is 2.11. The maximum Gasteiger partial charge on any atom is 0.115 e. The maximum atomic E-state index is 9.48. The van der Waals surface area contributed by atoms with Crippen LogP contribution in [0.15, 0.2) is 24.3 Å². The first-order chi connectivity index (χ1) is 5.61. The van der Waals surface area contributed by atoms with Crippen molar-refractivity contribution in [2.45, 2.75) is 19.1 Å². The van der Waals surface area contributed by atoms with Crippen LogP contribution in [-0.2, 0) is 0 Å². The van der Waals surface area contributed by atoms with Crippen LogP contribution in [0.3, 0.4) is 0 Å². The molecule has 0 heterocycles. The fraction of sp³-hybridized carbons (Fsp3) is 0.333. The average molecular weight is 201 g/mol. The zero-order valence-electron chi connectivity index (χ0n) is 7.44. The van der Waals surface area contributed by atoms with E-state index in [1.165, 1.54) is 12.1 Å². The van der Waals surface area contributed by atoms with Crippen molar-refractivity contribution in [1.82, 2.24) is 0 Å². The summed E-state index contributed by atoms with van der Waals surface area (Å²) in [7, 11) is 0. The van der Waals surface area contributed by atoms with Crippen LogP contribution >= 0.6 is 13.5 Å². The maximum absolute atomic E-state index is 9.48. The standard InChI is InChI=1S/C9H13NO2.H2S/c1-6(10)9(12)7-2-4-8(11)5-3-7;/h2-6,9,11-12H,10H2,1H3;1H2. The lowest BCUT2D eigenvalue weighted by molar-refractivity contribution is 0.153. The summed E-state index contributed by atoms with van der Waals surface area (Å²) in [6.07, 6.45) is -0.661. The van der Waals surface area contributed by atoms with Crippen molar-refractivity contribution in [2.24, 2.45) is 5.73 Å². The number of aliphatic hydroxyl groups is 1. The largest absolute Gasteiger partial charge is 0.508 e. The lowest BCUT2D eigenvalue weighted by atomic mass is 10.0. The van der Waals surface area contributed by atoms with E-state index in [4.69, 9.17) is 10.8 Å². The molecular weight excluding hydrogens is 186 g/mol. The summed E-state index contributed by atoms with van der Waals surface area (Å²) >= 11 is 0. The molecule has 4 heteroatoms. The van der Waals surface area contributed by atoms with Gasteiger partial charge in [-0.15, -0.1) is 0 Å². The van der Waals surface area contributed by atoms with Crippen molar-refractivity contribution in [2.75, 3.05) is 0 Å². The van der Waals surface area contributed by atoms with Gasteiger partial charge in [0.05, 0.1) is 6.10 Å². The molecule has 0 aliphatic carbocycles. The normalized spacial score (nSPS) is 14.4. The van der Waals surface area contributed by atoms with Gasteiger partial charge in [-0.05, 0) is 24.6 Å². The van der Waals surface area contributed by atoms with Crippen molar-refractivity contribution in [3.63, 3.8) is 0 Å². The summed E-state index contributed by atoms with van der Waals surface area (Å²) in [5.74, 6) is 0.190. The van der Waals surface area contributed by atoms with Gasteiger partial charge in [0.1, 0.15) is 5.75 Å². The number of benzene rings is 1. The molecule has 0 fully saturated rings. The third kappa shape index (κ3) is 3.26. The first kappa shape index (κ1) is 12.3. The Balaban J connectivity index is 0.00000144. The first-order valence-electron chi connectivity index (χ1n) is 3.84. The minimum atomic E-state index is -0.661. The smallest absolute Gasteiger partial charge is 0.115 e. The first-order valence-corrected chi connectivity index (χ1v) is 3.84. The number of rotatable bonds is 2. The Labute approximate surface area is 84.6 Å². The molecule has 0 aromatic heterocycles. The van der Waals surface area contributed by atoms with Crippen LogP contribution in [0.4, 0.5) is 0 Å². The lowest BCUT2D eigenvalue weighted by Crippen LogP contribution is -2.24. The highest BCUT2D eigenvalue weighted by atomic mass is 32.1. The van der Waals surface area contributed by atoms with Gasteiger partial charge in [-0.3, -0.25) is 0 Å². The van der Waals surface area contributed by atoms with Gasteiger partial charge in [0.2, 0.25) is 0 Å². The number of hydrogen-bond donors (Lipinski definition) is 3. The second-order valence-corrected chi connectivity index (χ2v) is 2.90. The van der Waals surface area contributed by atoms with Crippen LogP contribution in [0.25, 0.3) is 0 Å². The fourth-order valence-electron chi connectivity index (χ4n) is 0.975. The number of nitrogens with two attached hydrogens (primary N) is 1. The zero-order valence-corrected chi connectivity index (χ0v) is 8.44. The van der Waals surface area contributed by atoms with Gasteiger partial charge >= 0.3 is 0 Å². The molecule has 4 N–H and O–H groups in total. The van der Waals surface area contributed by atoms with Crippen molar-refractivity contribution >= 4 is 13.5 Å². The van der Waals surface area contributed by atoms with Crippen LogP contribution in [0.1, 0.15) is 18.6 Å². The number of hydrogen-bond acceptors (Lipinski definition) is 3. The van der Waals surface area contributed by atoms with Crippen molar-refractivity contribution in [3.05, 3.63) is 29.8 Å². The average Bonchev–Trinajstić information content (AvgIpc) is 2.04. The van der Waals surface area contributed by atoms with E-state index < -0.39 is 6.10 Å². The van der Waals surface area contributed by atoms with Crippen LogP contribution in [0, 0.1) is 0 Å². The van der Waals surface area contributed by atoms with Crippen LogP contribution in [-0.4, -0.2) is 16.3 Å². The summed E-state index contributed by atoms with van der Waals surface area (Å²) in [6, 6.07) is 6.07. The van der Waals surface area contributed by atoms with Gasteiger partial charge in [0, 0.05) is 6.04 Å². The SMILES string of the molecule is CC(N)C(O)c1ccc(O)cc1.S. The van der Waals surface area contributed by atoms with E-state index in [-0.39, 0.29) is 25.3 Å². The minimum Gasteiger partial charge on any atom is -0.508 e. The van der Waals surface area contributed by atoms with Gasteiger partial charge in [-0.1, -0.05) is 12.1 Å². The molecule has 1 aromatic rings. The Kier molecular flexibility index (Phi) is 4.83. The molecule has 3 nitrogen and oxygen atoms in total. The second kappa shape index (κ2) is 5.11. The van der Waals surface area contributed by atoms with Gasteiger partial charge in [-0.2, -0.15) is 13.5 Å². The molecule has 74 valence electrons. The van der Waals surface area contributed by atoms with Gasteiger partial charge in [0.15, 0.2) is 0 Å². The van der Waals surface area contributed by atoms with Crippen LogP contribution < -0.4 is 5.73 Å². The number of phenols is 1. The van der Waals surface area contributed by atoms with Crippen LogP contribution in [0.2, 0.25) is 0 Å². The monoisotopic (exact) mass is 201 g/mol. The molecule has 0 aliphatic rings. The molecule has 1 aromatic carbocycles. The van der Waals surface area contributed by atoms with E-state index in [0.29, 0.717) is 0 Å². The molecule has 2 atom stereocenters. The summed E-state index contributed by atoms with van der Waals surface area (Å²) in [5, 5.41) is 18.4. The van der Waals surface area contributed by atoms with E-state index in [1.807, 2.05) is 0 Å². The summed E-state index contributed by atoms with van der Waals surface area (Å²) in [5.41, 5.74) is 6.22. The van der Waals surface area contributed by atoms with E-state index in [9.17, 15) is 5.11 Å². The molecule has 1 rings (SSSR count). The van der Waals surface area contributed by atoms with E-state index >= 15 is 0 Å². The fourth-order valence-corrected chi connectivity index (χ4v) is 0.975. The molecule has 0 bridgehead atoms. The minimum absolute atomic E-state index is 0. The molecular formula is C9H15NO2S. The Morgan fingerprint density at radius 1 is 1.23 bits per heavy atom. The highest BCUT2D eigenvalue weighted by Crippen LogP contribution is 2.18. The van der Waals surface area contributed by atoms with E-state index in [0.717, 1.165) is 5.56 Å². The van der Waals surface area contributed by atoms with E-state index in [2.05, 4.69) is 0 Å². The molecule has 0 radical (unpaired) electrons. The van der Waals surface area contributed by atoms with Gasteiger partial charge in [-0.25, -0.2) is 0 Å². The van der Waals surface area contributed by atoms with Gasteiger partial charge < -0.3 is 15.9 Å². The molecule has 13 heavy (non-hydrogen) atoms. The lowest BCUT2D eigenvalue weighted by Gasteiger charge is -2.14. The van der Waals surface area contributed by atoms with Crippen LogP contribution in [0.5, 0.6) is 5.75 Å². The van der Waals surface area contributed by atoms with E-state index in [1.54, 1.807) is 19.1 Å². The summed E-state index contributed by atoms with van der Waals surface area (Å²) < 4.78 is 0. The van der Waals surface area contributed by atoms with Crippen molar-refractivity contribution in [1.29, 1.82) is 0 Å².